The molecule has 1 atom stereocenters. The number of aromatic nitrogens is 1. The van der Waals surface area contributed by atoms with Gasteiger partial charge in [-0.25, -0.2) is 9.36 Å². The first kappa shape index (κ1) is 42.9. The van der Waals surface area contributed by atoms with Crippen molar-refractivity contribution in [3.63, 3.8) is 0 Å². The van der Waals surface area contributed by atoms with Crippen LogP contribution in [0.5, 0.6) is 0 Å². The number of hydrogen-bond donors (Lipinski definition) is 3. The highest BCUT2D eigenvalue weighted by Crippen LogP contribution is 2.11. The lowest BCUT2D eigenvalue weighted by Gasteiger charge is -2.29. The minimum absolute atomic E-state index is 0. The Kier molecular flexibility index (Phi) is 26.8. The number of unbranched alkanes of at least 4 members (excludes halogenated alkanes) is 11. The molecule has 1 aromatic heterocycles. The molecule has 0 aliphatic rings. The van der Waals surface area contributed by atoms with Crippen LogP contribution in [0.2, 0.25) is 0 Å². The van der Waals surface area contributed by atoms with E-state index in [1.165, 1.54) is 64.2 Å². The molecule has 0 radical (unpaired) electrons. The van der Waals surface area contributed by atoms with Crippen molar-refractivity contribution in [1.82, 2.24) is 16.0 Å². The van der Waals surface area contributed by atoms with Crippen LogP contribution >= 0.6 is 0 Å². The van der Waals surface area contributed by atoms with E-state index in [0.717, 1.165) is 12.8 Å². The van der Waals surface area contributed by atoms with E-state index < -0.39 is 5.97 Å². The van der Waals surface area contributed by atoms with E-state index >= 15 is 0 Å². The van der Waals surface area contributed by atoms with Crippen LogP contribution in [-0.4, -0.2) is 75.8 Å². The number of quaternary nitrogens is 1. The topological polar surface area (TPSA) is 100 Å². The molecule has 0 aromatic carbocycles. The summed E-state index contributed by atoms with van der Waals surface area (Å²) in [5.41, 5.74) is 0.540. The Morgan fingerprint density at radius 1 is 0.857 bits per heavy atom. The van der Waals surface area contributed by atoms with E-state index in [0.29, 0.717) is 23.1 Å². The van der Waals surface area contributed by atoms with Gasteiger partial charge in [0.25, 0.3) is 5.91 Å². The zero-order valence-corrected chi connectivity index (χ0v) is 31.0. The Labute approximate surface area is 289 Å². The summed E-state index contributed by atoms with van der Waals surface area (Å²) in [7, 11) is 7.90. The van der Waals surface area contributed by atoms with E-state index in [4.69, 9.17) is 4.74 Å². The van der Waals surface area contributed by atoms with Gasteiger partial charge in [-0.15, -0.1) is 0 Å². The molecular weight excluding hydrogens is 760 g/mol. The van der Waals surface area contributed by atoms with E-state index in [-0.39, 0.29) is 85.5 Å². The maximum atomic E-state index is 12.5. The predicted molar refractivity (Wildman–Crippen MR) is 160 cm³/mol. The molecule has 3 N–H and O–H groups in total. The van der Waals surface area contributed by atoms with Crippen molar-refractivity contribution in [3.8, 4) is 0 Å². The number of aryl methyl sites for hydroxylation is 1. The molecule has 11 heteroatoms. The highest BCUT2D eigenvalue weighted by atomic mass is 127. The normalized spacial score (nSPS) is 11.5. The molecular formula is C31H57I2N5O4. The summed E-state index contributed by atoms with van der Waals surface area (Å²) in [5.74, 6) is -0.623. The quantitative estimate of drug-likeness (QED) is 0.0426. The molecule has 244 valence electrons. The molecule has 0 aliphatic heterocycles. The molecule has 0 saturated heterocycles. The Morgan fingerprint density at radius 3 is 1.98 bits per heavy atom. The van der Waals surface area contributed by atoms with Crippen molar-refractivity contribution in [2.75, 3.05) is 47.4 Å². The van der Waals surface area contributed by atoms with Gasteiger partial charge < -0.3 is 73.1 Å². The number of nitrogens with zero attached hydrogens (tertiary/aromatic N) is 2. The fourth-order valence-corrected chi connectivity index (χ4v) is 4.64. The molecule has 9 nitrogen and oxygen atoms in total. The van der Waals surface area contributed by atoms with Gasteiger partial charge in [0.1, 0.15) is 19.2 Å². The Bertz CT molecular complexity index is 868. The van der Waals surface area contributed by atoms with Gasteiger partial charge in [0.05, 0.1) is 46.7 Å². The second kappa shape index (κ2) is 26.2. The van der Waals surface area contributed by atoms with E-state index in [9.17, 15) is 14.4 Å². The molecule has 3 amide bonds. The summed E-state index contributed by atoms with van der Waals surface area (Å²) >= 11 is 0. The number of halogens is 2. The number of ether oxygens (including phenoxy) is 1. The highest BCUT2D eigenvalue weighted by molar-refractivity contribution is 5.93. The number of nitrogens with one attached hydrogen (secondary N) is 3. The van der Waals surface area contributed by atoms with Gasteiger partial charge in [-0.3, -0.25) is 9.59 Å². The van der Waals surface area contributed by atoms with Gasteiger partial charge >= 0.3 is 12.0 Å². The molecule has 0 unspecified atom stereocenters. The smallest absolute Gasteiger partial charge is 0.315 e. The Balaban J connectivity index is 0. The van der Waals surface area contributed by atoms with E-state index in [2.05, 4.69) is 22.9 Å². The van der Waals surface area contributed by atoms with Gasteiger partial charge in [-0.1, -0.05) is 77.6 Å². The lowest BCUT2D eigenvalue weighted by molar-refractivity contribution is -0.871. The van der Waals surface area contributed by atoms with Crippen LogP contribution in [0.25, 0.3) is 0 Å². The van der Waals surface area contributed by atoms with Gasteiger partial charge in [0.15, 0.2) is 12.4 Å². The number of urea groups is 1. The SMILES string of the molecule is CCCCCCCCCCCCCCNC(=O)N[C@H](CC(=O)OCCNC(=O)c1ccc[n+](C)c1)C[N+](C)(C)C.[I-].[I-]. The summed E-state index contributed by atoms with van der Waals surface area (Å²) < 4.78 is 7.72. The van der Waals surface area contributed by atoms with Crippen molar-refractivity contribution < 1.29 is 76.1 Å². The zero-order valence-electron chi connectivity index (χ0n) is 26.7. The summed E-state index contributed by atoms with van der Waals surface area (Å²) in [6.45, 7) is 3.76. The molecule has 1 rings (SSSR count). The van der Waals surface area contributed by atoms with Crippen LogP contribution < -0.4 is 68.5 Å². The third-order valence-electron chi connectivity index (χ3n) is 6.68. The number of amides is 3. The number of esters is 1. The molecule has 42 heavy (non-hydrogen) atoms. The molecule has 0 spiro atoms. The predicted octanol–water partition coefficient (Wildman–Crippen LogP) is -1.74. The highest BCUT2D eigenvalue weighted by Gasteiger charge is 2.23. The van der Waals surface area contributed by atoms with Gasteiger partial charge in [0.2, 0.25) is 0 Å². The average Bonchev–Trinajstić information content (AvgIpc) is 2.88. The zero-order chi connectivity index (χ0) is 29.6. The van der Waals surface area contributed by atoms with Crippen LogP contribution in [0.3, 0.4) is 0 Å². The molecule has 0 bridgehead atoms. The maximum Gasteiger partial charge on any atom is 0.315 e. The standard InChI is InChI=1S/C31H55N5O4.2HI/c1-6-7-8-9-10-11-12-13-14-15-16-17-20-33-31(39)34-28(26-36(3,4)5)24-29(37)40-23-21-32-30(38)27-19-18-22-35(2)25-27;;/h18-19,22,25,28H,6-17,20-21,23-24,26H2,1-5H3,(H-2,32,33,34,38,39);2*1H/t28-;;/m1../s1. The first-order valence-corrected chi connectivity index (χ1v) is 15.3. The summed E-state index contributed by atoms with van der Waals surface area (Å²) in [6.07, 6.45) is 19.0. The van der Waals surface area contributed by atoms with Crippen molar-refractivity contribution >= 4 is 17.9 Å². The summed E-state index contributed by atoms with van der Waals surface area (Å²) in [4.78, 5) is 37.1. The van der Waals surface area contributed by atoms with Crippen molar-refractivity contribution in [2.45, 2.75) is 96.4 Å². The number of hydrogen-bond acceptors (Lipinski definition) is 4. The summed E-state index contributed by atoms with van der Waals surface area (Å²) in [5, 5.41) is 8.63. The van der Waals surface area contributed by atoms with Crippen molar-refractivity contribution in [1.29, 1.82) is 0 Å². The maximum absolute atomic E-state index is 12.5. The first-order chi connectivity index (χ1) is 19.1. The fourth-order valence-electron chi connectivity index (χ4n) is 4.64. The number of carbonyl (C=O) groups excluding carboxylic acids is 3. The van der Waals surface area contributed by atoms with Crippen LogP contribution in [0.4, 0.5) is 4.79 Å². The monoisotopic (exact) mass is 817 g/mol. The second-order valence-corrected chi connectivity index (χ2v) is 11.9. The minimum atomic E-state index is -0.403. The third kappa shape index (κ3) is 24.2. The van der Waals surface area contributed by atoms with Crippen molar-refractivity contribution in [3.05, 3.63) is 30.1 Å². The molecule has 1 heterocycles. The lowest BCUT2D eigenvalue weighted by Crippen LogP contribution is -3.00. The van der Waals surface area contributed by atoms with Crippen LogP contribution in [0.15, 0.2) is 24.5 Å². The number of likely N-dealkylation sites (N-methyl/N-ethyl adjacent to an activating group) is 1. The lowest BCUT2D eigenvalue weighted by atomic mass is 10.1. The molecule has 0 aliphatic carbocycles. The minimum Gasteiger partial charge on any atom is -1.00 e. The fraction of sp³-hybridized carbons (Fsp3) is 0.742. The van der Waals surface area contributed by atoms with E-state index in [1.807, 2.05) is 34.4 Å². The average molecular weight is 818 g/mol. The van der Waals surface area contributed by atoms with Crippen molar-refractivity contribution in [2.24, 2.45) is 7.05 Å². The van der Waals surface area contributed by atoms with Crippen LogP contribution in [0, 0.1) is 0 Å². The van der Waals surface area contributed by atoms with Crippen LogP contribution in [-0.2, 0) is 16.6 Å². The third-order valence-corrected chi connectivity index (χ3v) is 6.68. The Morgan fingerprint density at radius 2 is 1.43 bits per heavy atom. The number of pyridine rings is 1. The largest absolute Gasteiger partial charge is 1.00 e. The Hall–Kier alpha value is -1.22. The van der Waals surface area contributed by atoms with Gasteiger partial charge in [-0.05, 0) is 12.5 Å². The number of carbonyl (C=O) groups is 3. The second-order valence-electron chi connectivity index (χ2n) is 11.9. The first-order valence-electron chi connectivity index (χ1n) is 15.3. The molecule has 0 saturated carbocycles. The van der Waals surface area contributed by atoms with Crippen LogP contribution in [0.1, 0.15) is 101 Å². The van der Waals surface area contributed by atoms with Gasteiger partial charge in [-0.2, -0.15) is 0 Å². The molecule has 1 aromatic rings. The number of rotatable bonds is 22. The van der Waals surface area contributed by atoms with Gasteiger partial charge in [0, 0.05) is 12.6 Å². The van der Waals surface area contributed by atoms with E-state index in [1.54, 1.807) is 22.9 Å². The summed E-state index contributed by atoms with van der Waals surface area (Å²) in [6, 6.07) is 2.92. The molecule has 0 fully saturated rings.